The van der Waals surface area contributed by atoms with E-state index in [9.17, 15) is 9.59 Å². The minimum Gasteiger partial charge on any atom is -0.438 e. The van der Waals surface area contributed by atoms with E-state index in [1.165, 1.54) is 14.2 Å². The van der Waals surface area contributed by atoms with Gasteiger partial charge in [-0.1, -0.05) is 11.8 Å². The summed E-state index contributed by atoms with van der Waals surface area (Å²) in [6.07, 6.45) is -1.62. The molecule has 0 bridgehead atoms. The lowest BCUT2D eigenvalue weighted by Gasteiger charge is -1.96. The molecule has 0 spiro atoms. The molecule has 0 aliphatic rings. The van der Waals surface area contributed by atoms with Crippen molar-refractivity contribution in [2.45, 2.75) is 0 Å². The van der Waals surface area contributed by atoms with Gasteiger partial charge in [0.2, 0.25) is 0 Å². The number of carbonyl (C=O) groups excluding carboxylic acids is 2. The van der Waals surface area contributed by atoms with Crippen molar-refractivity contribution in [3.05, 3.63) is 0 Å². The van der Waals surface area contributed by atoms with Gasteiger partial charge in [-0.15, -0.1) is 0 Å². The Balaban J connectivity index is 3.45. The fraction of sp³-hybridized carbons (Fsp3) is 0.500. The Morgan fingerprint density at radius 3 is 1.57 bits per heavy atom. The molecule has 0 N–H and O–H groups in total. The molecule has 78 valence electrons. The van der Waals surface area contributed by atoms with Crippen LogP contribution in [-0.4, -0.2) is 39.7 Å². The van der Waals surface area contributed by atoms with Crippen LogP contribution in [-0.2, 0) is 18.9 Å². The van der Waals surface area contributed by atoms with Crippen molar-refractivity contribution in [3.8, 4) is 11.8 Å². The lowest BCUT2D eigenvalue weighted by atomic mass is 10.6. The Morgan fingerprint density at radius 2 is 1.29 bits per heavy atom. The minimum atomic E-state index is -0.812. The smallest absolute Gasteiger partial charge is 0.438 e. The van der Waals surface area contributed by atoms with Gasteiger partial charge in [-0.25, -0.2) is 9.59 Å². The molecule has 0 heterocycles. The molecule has 0 aliphatic carbocycles. The topological polar surface area (TPSA) is 71.1 Å². The summed E-state index contributed by atoms with van der Waals surface area (Å²) in [7, 11) is 2.38. The minimum absolute atomic E-state index is 0.114. The highest BCUT2D eigenvalue weighted by Gasteiger charge is 1.97. The Kier molecular flexibility index (Phi) is 6.68. The van der Waals surface area contributed by atoms with E-state index in [-0.39, 0.29) is 13.2 Å². The first-order valence-electron chi connectivity index (χ1n) is 3.58. The Labute approximate surface area is 81.1 Å². The van der Waals surface area contributed by atoms with Crippen LogP contribution < -0.4 is 0 Å². The number of carbonyl (C=O) groups is 2. The molecule has 0 aromatic carbocycles. The number of methoxy groups -OCH3 is 2. The molecule has 0 aromatic heterocycles. The van der Waals surface area contributed by atoms with Gasteiger partial charge in [0, 0.05) is 0 Å². The summed E-state index contributed by atoms with van der Waals surface area (Å²) in [5.41, 5.74) is 0. The number of hydrogen-bond donors (Lipinski definition) is 0. The predicted molar refractivity (Wildman–Crippen MR) is 44.5 cm³/mol. The van der Waals surface area contributed by atoms with Crippen LogP contribution in [0.2, 0.25) is 0 Å². The van der Waals surface area contributed by atoms with Gasteiger partial charge in [-0.2, -0.15) is 0 Å². The van der Waals surface area contributed by atoms with E-state index in [2.05, 4.69) is 30.8 Å². The van der Waals surface area contributed by atoms with Crippen molar-refractivity contribution < 1.29 is 28.5 Å². The predicted octanol–water partition coefficient (Wildman–Crippen LogP) is 0.556. The highest BCUT2D eigenvalue weighted by molar-refractivity contribution is 5.60. The van der Waals surface area contributed by atoms with Crippen molar-refractivity contribution in [2.75, 3.05) is 27.4 Å². The lowest BCUT2D eigenvalue weighted by Crippen LogP contribution is -2.05. The number of ether oxygens (including phenoxy) is 4. The average molecular weight is 202 g/mol. The summed E-state index contributed by atoms with van der Waals surface area (Å²) in [5, 5.41) is 0. The van der Waals surface area contributed by atoms with Crippen LogP contribution in [0.3, 0.4) is 0 Å². The third-order valence-corrected chi connectivity index (χ3v) is 0.983. The van der Waals surface area contributed by atoms with Gasteiger partial charge in [0.1, 0.15) is 0 Å². The van der Waals surface area contributed by atoms with Crippen LogP contribution in [0, 0.1) is 11.8 Å². The second kappa shape index (κ2) is 7.73. The van der Waals surface area contributed by atoms with Crippen molar-refractivity contribution >= 4 is 12.3 Å². The zero-order chi connectivity index (χ0) is 10.8. The highest BCUT2D eigenvalue weighted by atomic mass is 16.7. The zero-order valence-electron chi connectivity index (χ0n) is 7.86. The molecule has 0 saturated carbocycles. The second-order valence-corrected chi connectivity index (χ2v) is 1.84. The molecule has 6 nitrogen and oxygen atoms in total. The molecule has 14 heavy (non-hydrogen) atoms. The van der Waals surface area contributed by atoms with Crippen molar-refractivity contribution in [1.29, 1.82) is 0 Å². The molecule has 0 atom stereocenters. The van der Waals surface area contributed by atoms with Crippen molar-refractivity contribution in [3.63, 3.8) is 0 Å². The van der Waals surface area contributed by atoms with Crippen LogP contribution in [0.4, 0.5) is 9.59 Å². The molecular weight excluding hydrogens is 192 g/mol. The number of rotatable bonds is 2. The number of hydrogen-bond acceptors (Lipinski definition) is 6. The van der Waals surface area contributed by atoms with E-state index in [1.807, 2.05) is 0 Å². The second-order valence-electron chi connectivity index (χ2n) is 1.84. The molecule has 0 saturated heterocycles. The van der Waals surface area contributed by atoms with Crippen LogP contribution in [0.5, 0.6) is 0 Å². The van der Waals surface area contributed by atoms with E-state index < -0.39 is 12.3 Å². The fourth-order valence-corrected chi connectivity index (χ4v) is 0.410. The molecule has 0 amide bonds. The first-order chi connectivity index (χ1) is 6.70. The standard InChI is InChI=1S/C8H10O6/c1-11-7(9)13-5-3-4-6-14-8(10)12-2/h5-6H2,1-2H3. The monoisotopic (exact) mass is 202 g/mol. The highest BCUT2D eigenvalue weighted by Crippen LogP contribution is 1.81. The molecule has 0 unspecified atom stereocenters. The van der Waals surface area contributed by atoms with Crippen LogP contribution in [0.25, 0.3) is 0 Å². The van der Waals surface area contributed by atoms with Crippen LogP contribution in [0.15, 0.2) is 0 Å². The fourth-order valence-electron chi connectivity index (χ4n) is 0.410. The quantitative estimate of drug-likeness (QED) is 0.481. The van der Waals surface area contributed by atoms with Crippen LogP contribution in [0.1, 0.15) is 0 Å². The van der Waals surface area contributed by atoms with E-state index in [0.29, 0.717) is 0 Å². The van der Waals surface area contributed by atoms with Crippen molar-refractivity contribution in [2.24, 2.45) is 0 Å². The molecular formula is C8H10O6. The zero-order valence-corrected chi connectivity index (χ0v) is 7.86. The molecule has 0 fully saturated rings. The first-order valence-corrected chi connectivity index (χ1v) is 3.58. The summed E-state index contributed by atoms with van der Waals surface area (Å²) in [6, 6.07) is 0. The third kappa shape index (κ3) is 6.79. The summed E-state index contributed by atoms with van der Waals surface area (Å²) in [4.78, 5) is 20.8. The van der Waals surface area contributed by atoms with E-state index in [4.69, 9.17) is 0 Å². The lowest BCUT2D eigenvalue weighted by molar-refractivity contribution is 0.0807. The van der Waals surface area contributed by atoms with Crippen LogP contribution >= 0.6 is 0 Å². The normalized spacial score (nSPS) is 7.86. The van der Waals surface area contributed by atoms with Gasteiger partial charge in [0.25, 0.3) is 0 Å². The summed E-state index contributed by atoms with van der Waals surface area (Å²) in [6.45, 7) is -0.228. The van der Waals surface area contributed by atoms with Crippen molar-refractivity contribution in [1.82, 2.24) is 0 Å². The molecule has 0 aromatic rings. The Bertz CT molecular complexity index is 224. The maximum Gasteiger partial charge on any atom is 0.508 e. The maximum absolute atomic E-state index is 10.4. The average Bonchev–Trinajstić information content (AvgIpc) is 2.22. The van der Waals surface area contributed by atoms with E-state index in [1.54, 1.807) is 0 Å². The van der Waals surface area contributed by atoms with Gasteiger partial charge < -0.3 is 18.9 Å². The molecule has 6 heteroatoms. The van der Waals surface area contributed by atoms with Gasteiger partial charge in [0.15, 0.2) is 13.2 Å². The molecule has 0 aliphatic heterocycles. The van der Waals surface area contributed by atoms with E-state index in [0.717, 1.165) is 0 Å². The van der Waals surface area contributed by atoms with Gasteiger partial charge in [-0.05, 0) is 0 Å². The maximum atomic E-state index is 10.4. The molecule has 0 radical (unpaired) electrons. The summed E-state index contributed by atoms with van der Waals surface area (Å²) >= 11 is 0. The Morgan fingerprint density at radius 1 is 0.929 bits per heavy atom. The largest absolute Gasteiger partial charge is 0.508 e. The molecule has 0 rings (SSSR count). The Hall–Kier alpha value is -1.90. The van der Waals surface area contributed by atoms with Gasteiger partial charge >= 0.3 is 12.3 Å². The summed E-state index contributed by atoms with van der Waals surface area (Å²) < 4.78 is 17.2. The van der Waals surface area contributed by atoms with E-state index >= 15 is 0 Å². The SMILES string of the molecule is COC(=O)OCC#CCOC(=O)OC. The third-order valence-electron chi connectivity index (χ3n) is 0.983. The van der Waals surface area contributed by atoms with Gasteiger partial charge in [-0.3, -0.25) is 0 Å². The summed E-state index contributed by atoms with van der Waals surface area (Å²) in [5.74, 6) is 4.85. The van der Waals surface area contributed by atoms with Gasteiger partial charge in [0.05, 0.1) is 14.2 Å². The first kappa shape index (κ1) is 12.1.